The minimum absolute atomic E-state index is 0.0290. The van der Waals surface area contributed by atoms with Crippen molar-refractivity contribution in [2.75, 3.05) is 36.5 Å². The third kappa shape index (κ3) is 6.37. The molecule has 2 aliphatic rings. The number of nitrogens with one attached hydrogen (secondary N) is 2. The lowest BCUT2D eigenvalue weighted by Crippen LogP contribution is -2.45. The Morgan fingerprint density at radius 3 is 2.51 bits per heavy atom. The standard InChI is InChI=1S/C29H35N5O2S/c1-22-10-8-9-17-34(22)25-20-26(36-24-13-6-3-7-14-24)32-27(31-25)33-28(37)30-21-29(15-18-35-19-16-29)23-11-4-2-5-12-23/h2-7,11-14,20,22H,8-10,15-19,21H2,1H3,(H2,30,31,32,33,37)/t22-/m0/s1. The number of piperidine rings is 1. The second-order valence-corrected chi connectivity index (χ2v) is 10.3. The number of hydrogen-bond donors (Lipinski definition) is 2. The van der Waals surface area contributed by atoms with Gasteiger partial charge in [0.05, 0.1) is 0 Å². The highest BCUT2D eigenvalue weighted by Gasteiger charge is 2.34. The Labute approximate surface area is 224 Å². The van der Waals surface area contributed by atoms with E-state index in [0.29, 0.717) is 29.5 Å². The monoisotopic (exact) mass is 517 g/mol. The molecule has 0 bridgehead atoms. The molecule has 0 aliphatic carbocycles. The highest BCUT2D eigenvalue weighted by molar-refractivity contribution is 7.80. The summed E-state index contributed by atoms with van der Waals surface area (Å²) in [5, 5.41) is 7.17. The molecule has 2 aliphatic heterocycles. The second kappa shape index (κ2) is 11.9. The first-order chi connectivity index (χ1) is 18.1. The molecule has 5 rings (SSSR count). The zero-order valence-electron chi connectivity index (χ0n) is 21.4. The SMILES string of the molecule is C[C@H]1CCCCN1c1cc(Oc2ccccc2)nc(NC(=S)NCC2(c3ccccc3)CCOCC2)n1. The van der Waals surface area contributed by atoms with Crippen molar-refractivity contribution in [3.63, 3.8) is 0 Å². The summed E-state index contributed by atoms with van der Waals surface area (Å²) in [6.45, 7) is 5.41. The Kier molecular flexibility index (Phi) is 8.16. The van der Waals surface area contributed by atoms with Gasteiger partial charge in [0.1, 0.15) is 11.6 Å². The molecule has 0 unspecified atom stereocenters. The molecule has 1 atom stereocenters. The summed E-state index contributed by atoms with van der Waals surface area (Å²) >= 11 is 5.71. The normalized spacial score (nSPS) is 19.2. The second-order valence-electron chi connectivity index (χ2n) is 9.91. The van der Waals surface area contributed by atoms with E-state index in [1.54, 1.807) is 0 Å². The number of para-hydroxylation sites is 1. The molecule has 2 aromatic carbocycles. The van der Waals surface area contributed by atoms with Gasteiger partial charge in [-0.1, -0.05) is 48.5 Å². The van der Waals surface area contributed by atoms with Crippen molar-refractivity contribution in [3.05, 3.63) is 72.3 Å². The van der Waals surface area contributed by atoms with Crippen molar-refractivity contribution in [3.8, 4) is 11.6 Å². The molecule has 2 saturated heterocycles. The van der Waals surface area contributed by atoms with E-state index in [2.05, 4.69) is 57.8 Å². The van der Waals surface area contributed by atoms with E-state index in [0.717, 1.165) is 57.0 Å². The first-order valence-electron chi connectivity index (χ1n) is 13.2. The van der Waals surface area contributed by atoms with Crippen molar-refractivity contribution in [1.82, 2.24) is 15.3 Å². The molecule has 37 heavy (non-hydrogen) atoms. The van der Waals surface area contributed by atoms with Crippen molar-refractivity contribution >= 4 is 29.1 Å². The van der Waals surface area contributed by atoms with Gasteiger partial charge in [0, 0.05) is 43.8 Å². The molecular formula is C29H35N5O2S. The van der Waals surface area contributed by atoms with Gasteiger partial charge in [0.15, 0.2) is 5.11 Å². The van der Waals surface area contributed by atoms with Crippen LogP contribution in [-0.2, 0) is 10.2 Å². The van der Waals surface area contributed by atoms with Crippen molar-refractivity contribution in [1.29, 1.82) is 0 Å². The summed E-state index contributed by atoms with van der Waals surface area (Å²) in [5.41, 5.74) is 1.28. The molecule has 1 aromatic heterocycles. The van der Waals surface area contributed by atoms with Gasteiger partial charge in [0.2, 0.25) is 11.8 Å². The fourth-order valence-electron chi connectivity index (χ4n) is 5.23. The van der Waals surface area contributed by atoms with Crippen LogP contribution in [-0.4, -0.2) is 47.4 Å². The third-order valence-corrected chi connectivity index (χ3v) is 7.65. The van der Waals surface area contributed by atoms with Gasteiger partial charge in [-0.25, -0.2) is 0 Å². The Morgan fingerprint density at radius 2 is 1.78 bits per heavy atom. The summed E-state index contributed by atoms with van der Waals surface area (Å²) < 4.78 is 11.8. The molecule has 0 saturated carbocycles. The van der Waals surface area contributed by atoms with Gasteiger partial charge < -0.3 is 25.0 Å². The summed E-state index contributed by atoms with van der Waals surface area (Å²) in [4.78, 5) is 11.8. The average Bonchev–Trinajstić information content (AvgIpc) is 2.94. The summed E-state index contributed by atoms with van der Waals surface area (Å²) in [6.07, 6.45) is 5.43. The summed E-state index contributed by atoms with van der Waals surface area (Å²) in [6, 6.07) is 22.7. The Hall–Kier alpha value is -3.23. The van der Waals surface area contributed by atoms with Gasteiger partial charge in [-0.15, -0.1) is 0 Å². The number of benzene rings is 2. The van der Waals surface area contributed by atoms with Gasteiger partial charge in [0.25, 0.3) is 0 Å². The molecule has 0 amide bonds. The van der Waals surface area contributed by atoms with E-state index < -0.39 is 0 Å². The Morgan fingerprint density at radius 1 is 1.05 bits per heavy atom. The van der Waals surface area contributed by atoms with Crippen LogP contribution in [0.25, 0.3) is 0 Å². The number of hydrogen-bond acceptors (Lipinski definition) is 6. The minimum atomic E-state index is -0.0290. The smallest absolute Gasteiger partial charge is 0.234 e. The van der Waals surface area contributed by atoms with Crippen molar-refractivity contribution < 1.29 is 9.47 Å². The van der Waals surface area contributed by atoms with Crippen LogP contribution in [0.15, 0.2) is 66.7 Å². The van der Waals surface area contributed by atoms with E-state index in [1.807, 2.05) is 36.4 Å². The van der Waals surface area contributed by atoms with Gasteiger partial charge in [-0.2, -0.15) is 9.97 Å². The zero-order chi connectivity index (χ0) is 25.5. The first kappa shape index (κ1) is 25.4. The van der Waals surface area contributed by atoms with Crippen LogP contribution in [0.5, 0.6) is 11.6 Å². The number of anilines is 2. The number of ether oxygens (including phenoxy) is 2. The molecule has 3 heterocycles. The lowest BCUT2D eigenvalue weighted by atomic mass is 9.74. The number of rotatable bonds is 7. The number of thiocarbonyl (C=S) groups is 1. The highest BCUT2D eigenvalue weighted by atomic mass is 32.1. The van der Waals surface area contributed by atoms with E-state index in [-0.39, 0.29) is 5.41 Å². The first-order valence-corrected chi connectivity index (χ1v) is 13.6. The van der Waals surface area contributed by atoms with Gasteiger partial charge in [-0.05, 0) is 68.9 Å². The van der Waals surface area contributed by atoms with Crippen LogP contribution >= 0.6 is 12.2 Å². The number of aromatic nitrogens is 2. The van der Waals surface area contributed by atoms with Gasteiger partial charge in [-0.3, -0.25) is 0 Å². The summed E-state index contributed by atoms with van der Waals surface area (Å²) in [5.74, 6) is 2.50. The van der Waals surface area contributed by atoms with Crippen molar-refractivity contribution in [2.24, 2.45) is 0 Å². The fourth-order valence-corrected chi connectivity index (χ4v) is 5.40. The lowest BCUT2D eigenvalue weighted by Gasteiger charge is -2.38. The van der Waals surface area contributed by atoms with E-state index in [1.165, 1.54) is 12.0 Å². The fraction of sp³-hybridized carbons (Fsp3) is 0.414. The quantitative estimate of drug-likeness (QED) is 0.388. The molecular weight excluding hydrogens is 482 g/mol. The average molecular weight is 518 g/mol. The number of nitrogens with zero attached hydrogens (tertiary/aromatic N) is 3. The van der Waals surface area contributed by atoms with E-state index in [9.17, 15) is 0 Å². The Bertz CT molecular complexity index is 1170. The molecule has 2 fully saturated rings. The van der Waals surface area contributed by atoms with Crippen molar-refractivity contribution in [2.45, 2.75) is 50.5 Å². The van der Waals surface area contributed by atoms with Gasteiger partial charge >= 0.3 is 0 Å². The molecule has 7 nitrogen and oxygen atoms in total. The Balaban J connectivity index is 1.33. The molecule has 2 N–H and O–H groups in total. The lowest BCUT2D eigenvalue weighted by molar-refractivity contribution is 0.0515. The predicted molar refractivity (Wildman–Crippen MR) is 152 cm³/mol. The van der Waals surface area contributed by atoms with Crippen LogP contribution < -0.4 is 20.3 Å². The predicted octanol–water partition coefficient (Wildman–Crippen LogP) is 5.68. The summed E-state index contributed by atoms with van der Waals surface area (Å²) in [7, 11) is 0. The maximum absolute atomic E-state index is 6.10. The van der Waals surface area contributed by atoms with E-state index >= 15 is 0 Å². The third-order valence-electron chi connectivity index (χ3n) is 7.40. The molecule has 0 radical (unpaired) electrons. The molecule has 0 spiro atoms. The minimum Gasteiger partial charge on any atom is -0.439 e. The highest BCUT2D eigenvalue weighted by Crippen LogP contribution is 2.34. The molecule has 3 aromatic rings. The van der Waals surface area contributed by atoms with Crippen LogP contribution in [0.4, 0.5) is 11.8 Å². The molecule has 194 valence electrons. The topological polar surface area (TPSA) is 71.5 Å². The largest absolute Gasteiger partial charge is 0.439 e. The van der Waals surface area contributed by atoms with E-state index in [4.69, 9.17) is 26.7 Å². The van der Waals surface area contributed by atoms with Crippen LogP contribution in [0.3, 0.4) is 0 Å². The molecule has 8 heteroatoms. The van der Waals surface area contributed by atoms with Crippen LogP contribution in [0.1, 0.15) is 44.6 Å². The van der Waals surface area contributed by atoms with Crippen LogP contribution in [0, 0.1) is 0 Å². The maximum atomic E-state index is 6.10. The maximum Gasteiger partial charge on any atom is 0.234 e. The van der Waals surface area contributed by atoms with Crippen LogP contribution in [0.2, 0.25) is 0 Å². The zero-order valence-corrected chi connectivity index (χ0v) is 22.2.